The Bertz CT molecular complexity index is 482. The van der Waals surface area contributed by atoms with Crippen LogP contribution in [0.15, 0.2) is 18.6 Å². The quantitative estimate of drug-likeness (QED) is 0.470. The van der Waals surface area contributed by atoms with E-state index in [-0.39, 0.29) is 0 Å². The predicted molar refractivity (Wildman–Crippen MR) is 91.9 cm³/mol. The van der Waals surface area contributed by atoms with Gasteiger partial charge in [-0.05, 0) is 12.2 Å². The van der Waals surface area contributed by atoms with Gasteiger partial charge in [-0.15, -0.1) is 25.3 Å². The van der Waals surface area contributed by atoms with Crippen molar-refractivity contribution in [1.82, 2.24) is 20.1 Å². The first-order valence-electron chi connectivity index (χ1n) is 5.76. The van der Waals surface area contributed by atoms with Gasteiger partial charge in [0.25, 0.3) is 0 Å². The second-order valence-electron chi connectivity index (χ2n) is 3.80. The van der Waals surface area contributed by atoms with E-state index >= 15 is 0 Å². The average Bonchev–Trinajstić information content (AvgIpc) is 2.45. The molecule has 0 unspecified atom stereocenters. The number of anilines is 1. The molecular formula is C10H13N5OS4. The van der Waals surface area contributed by atoms with Crippen LogP contribution in [0.25, 0.3) is 0 Å². The van der Waals surface area contributed by atoms with Gasteiger partial charge in [0, 0.05) is 25.5 Å². The summed E-state index contributed by atoms with van der Waals surface area (Å²) in [6.07, 6.45) is 4.75. The molecule has 6 nitrogen and oxygen atoms in total. The lowest BCUT2D eigenvalue weighted by Crippen LogP contribution is -2.59. The summed E-state index contributed by atoms with van der Waals surface area (Å²) < 4.78 is 5.98. The zero-order valence-electron chi connectivity index (χ0n) is 10.4. The van der Waals surface area contributed by atoms with Crippen molar-refractivity contribution in [3.05, 3.63) is 18.6 Å². The first-order chi connectivity index (χ1) is 9.61. The molecule has 1 aromatic rings. The molecule has 10 heteroatoms. The Hall–Kier alpha value is -0.520. The summed E-state index contributed by atoms with van der Waals surface area (Å²) in [7, 11) is 0. The summed E-state index contributed by atoms with van der Waals surface area (Å²) in [5.74, 6) is 0.524. The fourth-order valence-corrected chi connectivity index (χ4v) is 2.52. The molecule has 0 radical (unpaired) electrons. The Balaban J connectivity index is 2.33. The third-order valence-electron chi connectivity index (χ3n) is 2.56. The Morgan fingerprint density at radius 2 is 1.90 bits per heavy atom. The monoisotopic (exact) mass is 347 g/mol. The van der Waals surface area contributed by atoms with Crippen molar-refractivity contribution < 1.29 is 4.74 Å². The molecule has 1 aromatic heterocycles. The zero-order chi connectivity index (χ0) is 14.5. The van der Waals surface area contributed by atoms with Gasteiger partial charge in [0.15, 0.2) is 14.5 Å². The second kappa shape index (κ2) is 7.48. The first-order valence-corrected chi connectivity index (χ1v) is 7.47. The molecule has 1 aliphatic heterocycles. The molecule has 1 fully saturated rings. The van der Waals surface area contributed by atoms with Crippen LogP contribution in [0.2, 0.25) is 0 Å². The zero-order valence-corrected chi connectivity index (χ0v) is 13.8. The van der Waals surface area contributed by atoms with Crippen LogP contribution in [0, 0.1) is 0 Å². The van der Waals surface area contributed by atoms with Gasteiger partial charge in [-0.1, -0.05) is 12.2 Å². The van der Waals surface area contributed by atoms with Gasteiger partial charge >= 0.3 is 0 Å². The maximum absolute atomic E-state index is 5.34. The van der Waals surface area contributed by atoms with Crippen LogP contribution in [-0.4, -0.2) is 55.0 Å². The van der Waals surface area contributed by atoms with E-state index in [1.807, 2.05) is 5.01 Å². The first kappa shape index (κ1) is 15.9. The third-order valence-corrected chi connectivity index (χ3v) is 3.27. The summed E-state index contributed by atoms with van der Waals surface area (Å²) in [6, 6.07) is 0. The number of rotatable bonds is 2. The van der Waals surface area contributed by atoms with Crippen LogP contribution >= 0.6 is 49.7 Å². The molecule has 0 atom stereocenters. The van der Waals surface area contributed by atoms with E-state index < -0.39 is 0 Å². The van der Waals surface area contributed by atoms with Crippen LogP contribution in [-0.2, 0) is 4.74 Å². The summed E-state index contributed by atoms with van der Waals surface area (Å²) in [6.45, 7) is 2.57. The lowest BCUT2D eigenvalue weighted by molar-refractivity contribution is -0.0457. The van der Waals surface area contributed by atoms with Crippen molar-refractivity contribution in [2.24, 2.45) is 0 Å². The summed E-state index contributed by atoms with van der Waals surface area (Å²) in [5, 5.41) is 5.24. The van der Waals surface area contributed by atoms with Gasteiger partial charge in [0.1, 0.15) is 0 Å². The van der Waals surface area contributed by atoms with Crippen molar-refractivity contribution in [1.29, 1.82) is 0 Å². The van der Waals surface area contributed by atoms with E-state index in [4.69, 9.17) is 29.2 Å². The van der Waals surface area contributed by atoms with Crippen LogP contribution in [0.5, 0.6) is 0 Å². The van der Waals surface area contributed by atoms with Crippen molar-refractivity contribution in [3.63, 3.8) is 0 Å². The Morgan fingerprint density at radius 3 is 2.40 bits per heavy atom. The van der Waals surface area contributed by atoms with Gasteiger partial charge in [0.05, 0.1) is 19.4 Å². The standard InChI is InChI=1S/C10H13N5OS4/c17-9(18)14(8-7-11-1-2-12-8)15(10(19)20)13-3-5-16-6-4-13/h1-2,7H,3-6H2,(H,17,18)(H,19,20). The van der Waals surface area contributed by atoms with E-state index in [0.29, 0.717) is 40.8 Å². The van der Waals surface area contributed by atoms with Gasteiger partial charge < -0.3 is 4.74 Å². The normalized spacial score (nSPS) is 15.7. The van der Waals surface area contributed by atoms with E-state index in [0.717, 1.165) is 0 Å². The fourth-order valence-electron chi connectivity index (χ4n) is 1.75. The molecule has 20 heavy (non-hydrogen) atoms. The van der Waals surface area contributed by atoms with Crippen LogP contribution in [0.4, 0.5) is 5.82 Å². The van der Waals surface area contributed by atoms with Crippen molar-refractivity contribution in [2.75, 3.05) is 31.3 Å². The highest BCUT2D eigenvalue weighted by Gasteiger charge is 2.28. The number of thiol groups is 2. The molecule has 0 aliphatic carbocycles. The Morgan fingerprint density at radius 1 is 1.20 bits per heavy atom. The van der Waals surface area contributed by atoms with Crippen LogP contribution in [0.3, 0.4) is 0 Å². The van der Waals surface area contributed by atoms with E-state index in [1.165, 1.54) is 0 Å². The molecule has 0 saturated carbocycles. The fraction of sp³-hybridized carbons (Fsp3) is 0.400. The number of nitrogens with zero attached hydrogens (tertiary/aromatic N) is 5. The van der Waals surface area contributed by atoms with Crippen molar-refractivity contribution >= 4 is 64.2 Å². The van der Waals surface area contributed by atoms with Crippen LogP contribution < -0.4 is 5.01 Å². The number of hydrazine groups is 2. The number of ether oxygens (including phenoxy) is 1. The van der Waals surface area contributed by atoms with Gasteiger partial charge in [-0.3, -0.25) is 4.98 Å². The van der Waals surface area contributed by atoms with Gasteiger partial charge in [-0.2, -0.15) is 10.1 Å². The van der Waals surface area contributed by atoms with Gasteiger partial charge in [0.2, 0.25) is 0 Å². The van der Waals surface area contributed by atoms with E-state index in [9.17, 15) is 0 Å². The number of hydrogen-bond donors (Lipinski definition) is 2. The topological polar surface area (TPSA) is 44.7 Å². The molecule has 0 spiro atoms. The highest BCUT2D eigenvalue weighted by atomic mass is 32.1. The number of morpholine rings is 1. The maximum atomic E-state index is 5.34. The molecule has 0 aromatic carbocycles. The second-order valence-corrected chi connectivity index (χ2v) is 6.02. The molecule has 108 valence electrons. The van der Waals surface area contributed by atoms with E-state index in [1.54, 1.807) is 28.7 Å². The Kier molecular flexibility index (Phi) is 5.93. The third kappa shape index (κ3) is 3.77. The molecule has 1 saturated heterocycles. The Labute approximate surface area is 138 Å². The molecule has 0 amide bonds. The highest BCUT2D eigenvalue weighted by molar-refractivity contribution is 8.12. The highest BCUT2D eigenvalue weighted by Crippen LogP contribution is 2.19. The smallest absolute Gasteiger partial charge is 0.173 e. The lowest BCUT2D eigenvalue weighted by atomic mass is 10.5. The van der Waals surface area contributed by atoms with E-state index in [2.05, 4.69) is 35.2 Å². The minimum atomic E-state index is 0.299. The lowest BCUT2D eigenvalue weighted by Gasteiger charge is -2.43. The minimum Gasteiger partial charge on any atom is -0.379 e. The summed E-state index contributed by atoms with van der Waals surface area (Å²) >= 11 is 18.9. The van der Waals surface area contributed by atoms with Crippen LogP contribution in [0.1, 0.15) is 0 Å². The molecule has 2 heterocycles. The molecular weight excluding hydrogens is 334 g/mol. The number of aromatic nitrogens is 2. The maximum Gasteiger partial charge on any atom is 0.173 e. The molecule has 2 rings (SSSR count). The molecule has 0 bridgehead atoms. The summed E-state index contributed by atoms with van der Waals surface area (Å²) in [4.78, 5) is 8.27. The average molecular weight is 348 g/mol. The largest absolute Gasteiger partial charge is 0.379 e. The molecule has 0 N–H and O–H groups in total. The molecule has 1 aliphatic rings. The van der Waals surface area contributed by atoms with Crippen molar-refractivity contribution in [2.45, 2.75) is 0 Å². The van der Waals surface area contributed by atoms with Crippen molar-refractivity contribution in [3.8, 4) is 0 Å². The van der Waals surface area contributed by atoms with Gasteiger partial charge in [-0.25, -0.2) is 9.99 Å². The summed E-state index contributed by atoms with van der Waals surface area (Å²) in [5.41, 5.74) is 0. The predicted octanol–water partition coefficient (Wildman–Crippen LogP) is 1.18. The SMILES string of the molecule is S=C(S)N(c1cnccn1)N(C(=S)S)N1CCOCC1. The number of thiocarbonyl (C=S) groups is 2. The minimum absolute atomic E-state index is 0.299. The number of hydrogen-bond acceptors (Lipinski definition) is 6.